The highest BCUT2D eigenvalue weighted by Crippen LogP contribution is 2.24. The van der Waals surface area contributed by atoms with Gasteiger partial charge in [-0.2, -0.15) is 5.10 Å². The summed E-state index contributed by atoms with van der Waals surface area (Å²) >= 11 is 0. The van der Waals surface area contributed by atoms with Gasteiger partial charge in [0.15, 0.2) is 0 Å². The smallest absolute Gasteiger partial charge is 0.217 e. The molecule has 0 radical (unpaired) electrons. The molecule has 4 nitrogen and oxygen atoms in total. The molecule has 4 rings (SSSR count). The molecule has 0 unspecified atom stereocenters. The highest BCUT2D eigenvalue weighted by molar-refractivity contribution is 5.66. The Morgan fingerprint density at radius 1 is 0.826 bits per heavy atom. The molecule has 2 aromatic carbocycles. The zero-order valence-electron chi connectivity index (χ0n) is 13.1. The molecule has 4 aromatic rings. The van der Waals surface area contributed by atoms with Crippen LogP contribution in [0.15, 0.2) is 60.8 Å². The number of fused-ring (bicyclic) bond motifs is 1. The zero-order valence-corrected chi connectivity index (χ0v) is 13.1. The Morgan fingerprint density at radius 3 is 2.30 bits per heavy atom. The minimum Gasteiger partial charge on any atom is -0.217 e. The van der Waals surface area contributed by atoms with Crippen LogP contribution in [-0.2, 0) is 0 Å². The first-order chi connectivity index (χ1) is 11.2. The maximum atomic E-state index is 4.70. The Kier molecular flexibility index (Phi) is 3.15. The molecule has 0 aliphatic rings. The lowest BCUT2D eigenvalue weighted by atomic mass is 10.1. The molecule has 0 N–H and O–H groups in total. The van der Waals surface area contributed by atoms with Crippen molar-refractivity contribution in [1.82, 2.24) is 19.6 Å². The minimum absolute atomic E-state index is 0.623. The van der Waals surface area contributed by atoms with Gasteiger partial charge in [0, 0.05) is 11.1 Å². The Labute approximate surface area is 134 Å². The van der Waals surface area contributed by atoms with Gasteiger partial charge in [-0.25, -0.2) is 14.5 Å². The molecular weight excluding hydrogens is 284 g/mol. The molecule has 2 aromatic heterocycles. The summed E-state index contributed by atoms with van der Waals surface area (Å²) in [6.07, 6.45) is 1.77. The van der Waals surface area contributed by atoms with Gasteiger partial charge in [0.05, 0.1) is 17.6 Å². The number of rotatable bonds is 2. The van der Waals surface area contributed by atoms with E-state index < -0.39 is 0 Å². The van der Waals surface area contributed by atoms with E-state index in [4.69, 9.17) is 5.10 Å². The molecule has 0 fully saturated rings. The van der Waals surface area contributed by atoms with Gasteiger partial charge < -0.3 is 0 Å². The summed E-state index contributed by atoms with van der Waals surface area (Å²) in [5.41, 5.74) is 6.13. The Morgan fingerprint density at radius 2 is 1.57 bits per heavy atom. The molecule has 0 spiro atoms. The van der Waals surface area contributed by atoms with Crippen LogP contribution >= 0.6 is 0 Å². The lowest BCUT2D eigenvalue weighted by molar-refractivity contribution is 0.879. The van der Waals surface area contributed by atoms with Crippen LogP contribution in [0, 0.1) is 13.8 Å². The fourth-order valence-corrected chi connectivity index (χ4v) is 2.66. The SMILES string of the molecule is Cc1ccc(-c2nc3ncc(-c4ccccc4)nn3c2C)cc1. The van der Waals surface area contributed by atoms with Gasteiger partial charge in [-0.15, -0.1) is 0 Å². The predicted molar refractivity (Wildman–Crippen MR) is 91.1 cm³/mol. The number of aromatic nitrogens is 4. The van der Waals surface area contributed by atoms with Crippen LogP contribution in [-0.4, -0.2) is 19.6 Å². The highest BCUT2D eigenvalue weighted by Gasteiger charge is 2.13. The van der Waals surface area contributed by atoms with Crippen LogP contribution in [0.5, 0.6) is 0 Å². The van der Waals surface area contributed by atoms with Gasteiger partial charge in [-0.05, 0) is 13.8 Å². The van der Waals surface area contributed by atoms with E-state index in [2.05, 4.69) is 41.2 Å². The zero-order chi connectivity index (χ0) is 15.8. The summed E-state index contributed by atoms with van der Waals surface area (Å²) in [6.45, 7) is 4.11. The largest absolute Gasteiger partial charge is 0.251 e. The summed E-state index contributed by atoms with van der Waals surface area (Å²) in [5.74, 6) is 0.623. The first-order valence-corrected chi connectivity index (χ1v) is 7.57. The molecular formula is C19H16N4. The number of hydrogen-bond donors (Lipinski definition) is 0. The second kappa shape index (κ2) is 5.32. The minimum atomic E-state index is 0.623. The Hall–Kier alpha value is -3.01. The van der Waals surface area contributed by atoms with Crippen LogP contribution in [0.3, 0.4) is 0 Å². The summed E-state index contributed by atoms with van der Waals surface area (Å²) in [4.78, 5) is 9.11. The molecule has 112 valence electrons. The number of aryl methyl sites for hydroxylation is 2. The Bertz CT molecular complexity index is 970. The molecule has 0 saturated heterocycles. The standard InChI is InChI=1S/C19H16N4/c1-13-8-10-16(11-9-13)18-14(2)23-19(21-18)20-12-17(22-23)15-6-4-3-5-7-15/h3-12H,1-2H3. The van der Waals surface area contributed by atoms with Crippen molar-refractivity contribution in [1.29, 1.82) is 0 Å². The van der Waals surface area contributed by atoms with Gasteiger partial charge >= 0.3 is 0 Å². The number of benzene rings is 2. The van der Waals surface area contributed by atoms with Gasteiger partial charge in [0.25, 0.3) is 5.78 Å². The summed E-state index contributed by atoms with van der Waals surface area (Å²) in [5, 5.41) is 4.70. The third-order valence-corrected chi connectivity index (χ3v) is 3.97. The average molecular weight is 300 g/mol. The quantitative estimate of drug-likeness (QED) is 0.560. The molecule has 0 atom stereocenters. The fraction of sp³-hybridized carbons (Fsp3) is 0.105. The molecule has 0 bridgehead atoms. The van der Waals surface area contributed by atoms with Gasteiger partial charge in [0.1, 0.15) is 5.69 Å². The lowest BCUT2D eigenvalue weighted by Crippen LogP contribution is -1.98. The maximum Gasteiger partial charge on any atom is 0.251 e. The van der Waals surface area contributed by atoms with Crippen molar-refractivity contribution in [2.45, 2.75) is 13.8 Å². The average Bonchev–Trinajstić information content (AvgIpc) is 2.93. The molecule has 0 saturated carbocycles. The number of nitrogens with zero attached hydrogens (tertiary/aromatic N) is 4. The first-order valence-electron chi connectivity index (χ1n) is 7.57. The van der Waals surface area contributed by atoms with Crippen molar-refractivity contribution >= 4 is 5.78 Å². The second-order valence-corrected chi connectivity index (χ2v) is 5.63. The van der Waals surface area contributed by atoms with Crippen LogP contribution in [0.1, 0.15) is 11.3 Å². The third kappa shape index (κ3) is 2.38. The first kappa shape index (κ1) is 13.6. The molecule has 23 heavy (non-hydrogen) atoms. The van der Waals surface area contributed by atoms with Crippen LogP contribution in [0.2, 0.25) is 0 Å². The predicted octanol–water partition coefficient (Wildman–Crippen LogP) is 4.08. The Balaban J connectivity index is 1.87. The van der Waals surface area contributed by atoms with E-state index in [0.29, 0.717) is 5.78 Å². The summed E-state index contributed by atoms with van der Waals surface area (Å²) in [7, 11) is 0. The van der Waals surface area contributed by atoms with E-state index in [1.165, 1.54) is 5.56 Å². The van der Waals surface area contributed by atoms with Crippen molar-refractivity contribution in [2.75, 3.05) is 0 Å². The normalized spacial score (nSPS) is 11.0. The van der Waals surface area contributed by atoms with Crippen LogP contribution < -0.4 is 0 Å². The maximum absolute atomic E-state index is 4.70. The van der Waals surface area contributed by atoms with E-state index >= 15 is 0 Å². The summed E-state index contributed by atoms with van der Waals surface area (Å²) < 4.78 is 1.82. The van der Waals surface area contributed by atoms with Crippen molar-refractivity contribution in [3.05, 3.63) is 72.1 Å². The number of imidazole rings is 1. The highest BCUT2D eigenvalue weighted by atomic mass is 15.3. The molecule has 0 aliphatic heterocycles. The molecule has 0 aliphatic carbocycles. The topological polar surface area (TPSA) is 43.1 Å². The van der Waals surface area contributed by atoms with E-state index in [1.807, 2.05) is 41.8 Å². The van der Waals surface area contributed by atoms with Gasteiger partial charge in [-0.1, -0.05) is 60.2 Å². The van der Waals surface area contributed by atoms with Crippen molar-refractivity contribution in [3.63, 3.8) is 0 Å². The number of hydrogen-bond acceptors (Lipinski definition) is 3. The second-order valence-electron chi connectivity index (χ2n) is 5.63. The van der Waals surface area contributed by atoms with E-state index in [9.17, 15) is 0 Å². The van der Waals surface area contributed by atoms with E-state index in [1.54, 1.807) is 6.20 Å². The van der Waals surface area contributed by atoms with Crippen LogP contribution in [0.4, 0.5) is 0 Å². The van der Waals surface area contributed by atoms with Crippen molar-refractivity contribution < 1.29 is 0 Å². The van der Waals surface area contributed by atoms with Crippen molar-refractivity contribution in [2.24, 2.45) is 0 Å². The molecule has 2 heterocycles. The third-order valence-electron chi connectivity index (χ3n) is 3.97. The van der Waals surface area contributed by atoms with Crippen molar-refractivity contribution in [3.8, 4) is 22.5 Å². The van der Waals surface area contributed by atoms with E-state index in [-0.39, 0.29) is 0 Å². The molecule has 0 amide bonds. The monoisotopic (exact) mass is 300 g/mol. The van der Waals surface area contributed by atoms with Crippen LogP contribution in [0.25, 0.3) is 28.3 Å². The fourth-order valence-electron chi connectivity index (χ4n) is 2.66. The lowest BCUT2D eigenvalue weighted by Gasteiger charge is -2.02. The van der Waals surface area contributed by atoms with Gasteiger partial charge in [-0.3, -0.25) is 0 Å². The summed E-state index contributed by atoms with van der Waals surface area (Å²) in [6, 6.07) is 18.4. The van der Waals surface area contributed by atoms with E-state index in [0.717, 1.165) is 28.2 Å². The van der Waals surface area contributed by atoms with Gasteiger partial charge in [0.2, 0.25) is 0 Å². The molecule has 4 heteroatoms.